The fourth-order valence-electron chi connectivity index (χ4n) is 3.72. The molecule has 0 unspecified atom stereocenters. The maximum absolute atomic E-state index is 13.7. The van der Waals surface area contributed by atoms with Gasteiger partial charge >= 0.3 is 12.6 Å². The van der Waals surface area contributed by atoms with Crippen LogP contribution in [0.15, 0.2) is 12.1 Å². The van der Waals surface area contributed by atoms with E-state index in [2.05, 4.69) is 11.7 Å². The fraction of sp³-hybridized carbons (Fsp3) is 0.650. The minimum absolute atomic E-state index is 0.271. The Morgan fingerprint density at radius 2 is 1.71 bits per heavy atom. The summed E-state index contributed by atoms with van der Waals surface area (Å²) in [6.07, 6.45) is 7.88. The van der Waals surface area contributed by atoms with Crippen molar-refractivity contribution in [3.05, 3.63) is 23.8 Å². The third kappa shape index (κ3) is 7.11. The lowest BCUT2D eigenvalue weighted by molar-refractivity contribution is -0.139. The summed E-state index contributed by atoms with van der Waals surface area (Å²) in [6.45, 7) is -1.15. The lowest BCUT2D eigenvalue weighted by atomic mass is 10.0. The molecule has 8 heteroatoms. The van der Waals surface area contributed by atoms with E-state index in [1.165, 1.54) is 38.1 Å². The van der Waals surface area contributed by atoms with E-state index in [1.54, 1.807) is 0 Å². The lowest BCUT2D eigenvalue weighted by Gasteiger charge is -2.26. The summed E-state index contributed by atoms with van der Waals surface area (Å²) in [4.78, 5) is 12.3. The van der Waals surface area contributed by atoms with Crippen molar-refractivity contribution in [3.8, 4) is 11.5 Å². The van der Waals surface area contributed by atoms with Gasteiger partial charge < -0.3 is 9.47 Å². The lowest BCUT2D eigenvalue weighted by Crippen LogP contribution is -2.28. The molecule has 2 rings (SSSR count). The first-order valence-corrected chi connectivity index (χ1v) is 12.5. The number of unbranched alkanes of at least 4 members (excludes halogenated alkanes) is 4. The number of halogens is 4. The normalized spacial score (nSPS) is 19.6. The molecule has 0 saturated carbocycles. The fourth-order valence-corrected chi connectivity index (χ4v) is 7.20. The smallest absolute Gasteiger partial charge is 0.387 e. The van der Waals surface area contributed by atoms with Crippen LogP contribution in [0.5, 0.6) is 11.5 Å². The molecule has 1 aliphatic heterocycles. The Morgan fingerprint density at radius 1 is 1.11 bits per heavy atom. The molecule has 3 nitrogen and oxygen atoms in total. The van der Waals surface area contributed by atoms with Crippen LogP contribution in [0.25, 0.3) is 0 Å². The minimum atomic E-state index is -3.34. The maximum atomic E-state index is 13.7. The first kappa shape index (κ1) is 22.7. The van der Waals surface area contributed by atoms with Crippen molar-refractivity contribution >= 4 is 14.8 Å². The van der Waals surface area contributed by atoms with Crippen molar-refractivity contribution in [3.63, 3.8) is 0 Å². The molecule has 1 aromatic rings. The number of carbonyl (C=O) groups is 1. The van der Waals surface area contributed by atoms with E-state index in [4.69, 9.17) is 4.74 Å². The van der Waals surface area contributed by atoms with Crippen molar-refractivity contribution in [1.29, 1.82) is 0 Å². The van der Waals surface area contributed by atoms with Gasteiger partial charge in [-0.15, -0.1) is 0 Å². The van der Waals surface area contributed by atoms with Gasteiger partial charge in [0.05, 0.1) is 5.92 Å². The maximum Gasteiger partial charge on any atom is 0.387 e. The molecule has 1 saturated heterocycles. The van der Waals surface area contributed by atoms with E-state index in [1.807, 2.05) is 0 Å². The van der Waals surface area contributed by atoms with E-state index in [9.17, 15) is 22.4 Å². The first-order chi connectivity index (χ1) is 13.4. The van der Waals surface area contributed by atoms with Gasteiger partial charge in [-0.3, -0.25) is 4.79 Å². The zero-order valence-corrected chi connectivity index (χ0v) is 17.3. The summed E-state index contributed by atoms with van der Waals surface area (Å²) in [6, 6.07) is 4.85. The van der Waals surface area contributed by atoms with Gasteiger partial charge in [0, 0.05) is 20.9 Å². The number of hydrogen-bond donors (Lipinski definition) is 0. The minimum Gasteiger partial charge on any atom is -0.429 e. The number of benzene rings is 1. The average molecular weight is 421 g/mol. The van der Waals surface area contributed by atoms with Crippen LogP contribution in [-0.2, 0) is 4.79 Å². The molecule has 1 heterocycles. The van der Waals surface area contributed by atoms with E-state index in [0.717, 1.165) is 24.9 Å². The third-order valence-electron chi connectivity index (χ3n) is 5.29. The van der Waals surface area contributed by atoms with Crippen molar-refractivity contribution in [2.45, 2.75) is 76.6 Å². The number of carbonyl (C=O) groups excluding carboxylic acids is 1. The van der Waals surface area contributed by atoms with Crippen LogP contribution >= 0.6 is 0 Å². The Hall–Kier alpha value is -1.57. The molecule has 28 heavy (non-hydrogen) atoms. The molecule has 0 amide bonds. The van der Waals surface area contributed by atoms with Gasteiger partial charge in [0.1, 0.15) is 5.75 Å². The second-order valence-electron chi connectivity index (χ2n) is 7.44. The quantitative estimate of drug-likeness (QED) is 0.151. The van der Waals surface area contributed by atoms with Gasteiger partial charge in [-0.05, 0) is 12.8 Å². The molecule has 0 aromatic heterocycles. The highest BCUT2D eigenvalue weighted by Crippen LogP contribution is 2.32. The highest BCUT2D eigenvalue weighted by molar-refractivity contribution is 6.59. The highest BCUT2D eigenvalue weighted by atomic mass is 28.3. The zero-order valence-electron chi connectivity index (χ0n) is 16.2. The van der Waals surface area contributed by atoms with E-state index in [0.29, 0.717) is 12.1 Å². The molecule has 1 aromatic carbocycles. The molecule has 0 aliphatic carbocycles. The van der Waals surface area contributed by atoms with Gasteiger partial charge in [-0.2, -0.15) is 8.78 Å². The average Bonchev–Trinajstić information content (AvgIpc) is 2.65. The van der Waals surface area contributed by atoms with Crippen LogP contribution in [0, 0.1) is 17.6 Å². The summed E-state index contributed by atoms with van der Waals surface area (Å²) < 4.78 is 60.7. The Balaban J connectivity index is 1.79. The molecule has 0 bridgehead atoms. The van der Waals surface area contributed by atoms with E-state index >= 15 is 0 Å². The largest absolute Gasteiger partial charge is 0.429 e. The molecule has 0 radical (unpaired) electrons. The van der Waals surface area contributed by atoms with Crippen molar-refractivity contribution < 1.29 is 31.8 Å². The van der Waals surface area contributed by atoms with Crippen LogP contribution in [-0.4, -0.2) is 21.4 Å². The number of esters is 1. The Labute approximate surface area is 165 Å². The Bertz CT molecular complexity index is 611. The number of rotatable bonds is 10. The van der Waals surface area contributed by atoms with E-state index in [-0.39, 0.29) is 11.7 Å². The van der Waals surface area contributed by atoms with Crippen molar-refractivity contribution in [2.75, 3.05) is 0 Å². The highest BCUT2D eigenvalue weighted by Gasteiger charge is 2.28. The van der Waals surface area contributed by atoms with Crippen LogP contribution in [0.4, 0.5) is 17.6 Å². The van der Waals surface area contributed by atoms with Crippen LogP contribution in [0.1, 0.15) is 51.9 Å². The molecule has 1 fully saturated rings. The summed E-state index contributed by atoms with van der Waals surface area (Å²) in [5, 5.41) is 0. The van der Waals surface area contributed by atoms with Crippen LogP contribution in [0.3, 0.4) is 0 Å². The monoisotopic (exact) mass is 420 g/mol. The Kier molecular flexibility index (Phi) is 9.27. The SMILES string of the molecule is CCCCCCC[Si@H]1CC[C@H](C(=O)Oc2cc(F)c(OC(F)F)c(F)c2)CC1. The molecule has 1 aliphatic rings. The van der Waals surface area contributed by atoms with Gasteiger partial charge in [-0.1, -0.05) is 57.2 Å². The van der Waals surface area contributed by atoms with Gasteiger partial charge in [0.25, 0.3) is 0 Å². The topological polar surface area (TPSA) is 35.5 Å². The number of ether oxygens (including phenoxy) is 2. The second-order valence-corrected chi connectivity index (χ2v) is 10.9. The first-order valence-electron chi connectivity index (χ1n) is 10.1. The van der Waals surface area contributed by atoms with Crippen molar-refractivity contribution in [2.24, 2.45) is 5.92 Å². The predicted molar refractivity (Wildman–Crippen MR) is 102 cm³/mol. The summed E-state index contributed by atoms with van der Waals surface area (Å²) in [7, 11) is -0.795. The molecular weight excluding hydrogens is 392 g/mol. The third-order valence-corrected chi connectivity index (χ3v) is 8.82. The molecular formula is C20H28F4O3Si. The van der Waals surface area contributed by atoms with Gasteiger partial charge in [0.2, 0.25) is 0 Å². The second kappa shape index (κ2) is 11.4. The van der Waals surface area contributed by atoms with Crippen LogP contribution < -0.4 is 9.47 Å². The summed E-state index contributed by atoms with van der Waals surface area (Å²) in [5.41, 5.74) is 0. The van der Waals surface area contributed by atoms with Crippen LogP contribution in [0.2, 0.25) is 18.1 Å². The van der Waals surface area contributed by atoms with Gasteiger partial charge in [-0.25, -0.2) is 8.78 Å². The molecule has 0 atom stereocenters. The number of alkyl halides is 2. The van der Waals surface area contributed by atoms with E-state index < -0.39 is 38.8 Å². The summed E-state index contributed by atoms with van der Waals surface area (Å²) in [5.74, 6) is -4.97. The Morgan fingerprint density at radius 3 is 2.29 bits per heavy atom. The van der Waals surface area contributed by atoms with Gasteiger partial charge in [0.15, 0.2) is 17.4 Å². The zero-order chi connectivity index (χ0) is 20.5. The molecule has 0 N–H and O–H groups in total. The molecule has 158 valence electrons. The predicted octanol–water partition coefficient (Wildman–Crippen LogP) is 6.08. The van der Waals surface area contributed by atoms with Crippen molar-refractivity contribution in [1.82, 2.24) is 0 Å². The number of hydrogen-bond acceptors (Lipinski definition) is 3. The summed E-state index contributed by atoms with van der Waals surface area (Å²) >= 11 is 0. The standard InChI is InChI=1S/C20H28F4O3Si/c1-2-3-4-5-6-9-28-10-7-14(8-11-28)19(25)26-15-12-16(21)18(17(22)13-15)27-20(23)24/h12-14,20,28H,2-11H2,1H3/t14-,28-. The molecule has 0 spiro atoms.